The number of para-hydroxylation sites is 3. The van der Waals surface area contributed by atoms with E-state index in [4.69, 9.17) is 9.41 Å². The molecule has 270 valence electrons. The van der Waals surface area contributed by atoms with E-state index in [0.717, 1.165) is 66.9 Å². The quantitative estimate of drug-likeness (QED) is 0.185. The van der Waals surface area contributed by atoms with Gasteiger partial charge in [-0.1, -0.05) is 127 Å². The maximum atomic E-state index is 6.49. The third kappa shape index (κ3) is 4.98. The van der Waals surface area contributed by atoms with Crippen LogP contribution in [0.1, 0.15) is 29.0 Å². The second-order valence-electron chi connectivity index (χ2n) is 14.8. The van der Waals surface area contributed by atoms with Gasteiger partial charge in [0.05, 0.1) is 27.5 Å². The van der Waals surface area contributed by atoms with Gasteiger partial charge in [-0.3, -0.25) is 5.32 Å². The molecule has 6 heteroatoms. The Morgan fingerprint density at radius 2 is 1.09 bits per heavy atom. The summed E-state index contributed by atoms with van der Waals surface area (Å²) in [5, 5.41) is 14.5. The van der Waals surface area contributed by atoms with Crippen molar-refractivity contribution in [2.45, 2.75) is 12.3 Å². The van der Waals surface area contributed by atoms with Gasteiger partial charge in [0.1, 0.15) is 29.3 Å². The molecule has 0 fully saturated rings. The summed E-state index contributed by atoms with van der Waals surface area (Å²) in [5.41, 5.74) is 11.9. The van der Waals surface area contributed by atoms with Gasteiger partial charge in [0.25, 0.3) is 0 Å². The first-order valence-electron chi connectivity index (χ1n) is 19.4. The molecular weight excluding hydrogens is 699 g/mol. The number of furan rings is 1. The average molecular weight is 734 g/mol. The van der Waals surface area contributed by atoms with E-state index >= 15 is 0 Å². The van der Waals surface area contributed by atoms with Gasteiger partial charge in [0.2, 0.25) is 0 Å². The zero-order chi connectivity index (χ0) is 37.5. The number of nitrogens with zero attached hydrogens (tertiary/aromatic N) is 3. The van der Waals surface area contributed by atoms with Crippen LogP contribution in [0.4, 0.5) is 0 Å². The van der Waals surface area contributed by atoms with Crippen LogP contribution in [0.5, 0.6) is 0 Å². The number of rotatable bonds is 5. The second-order valence-corrected chi connectivity index (χ2v) is 14.8. The van der Waals surface area contributed by atoms with Crippen LogP contribution in [-0.4, -0.2) is 15.0 Å². The summed E-state index contributed by atoms with van der Waals surface area (Å²) < 4.78 is 11.3. The molecule has 0 spiro atoms. The lowest BCUT2D eigenvalue weighted by Gasteiger charge is -2.32. The molecule has 0 saturated heterocycles. The molecule has 2 unspecified atom stereocenters. The first-order valence-corrected chi connectivity index (χ1v) is 19.4. The number of amidine groups is 1. The lowest BCUT2D eigenvalue weighted by molar-refractivity contribution is 0.409. The Morgan fingerprint density at radius 1 is 0.456 bits per heavy atom. The molecule has 0 radical (unpaired) electrons. The maximum absolute atomic E-state index is 6.49. The highest BCUT2D eigenvalue weighted by atomic mass is 16.3. The summed E-state index contributed by atoms with van der Waals surface area (Å²) in [5.74, 6) is 0.868. The number of hydrogen-bond acceptors (Lipinski definition) is 4. The van der Waals surface area contributed by atoms with Crippen molar-refractivity contribution in [1.29, 1.82) is 0 Å². The van der Waals surface area contributed by atoms with Crippen molar-refractivity contribution < 1.29 is 4.42 Å². The number of aliphatic imine (C=N–C) groups is 1. The van der Waals surface area contributed by atoms with E-state index in [9.17, 15) is 0 Å². The van der Waals surface area contributed by atoms with Crippen LogP contribution in [0.2, 0.25) is 0 Å². The summed E-state index contributed by atoms with van der Waals surface area (Å²) in [6.45, 7) is 0. The molecule has 57 heavy (non-hydrogen) atoms. The first kappa shape index (κ1) is 31.9. The van der Waals surface area contributed by atoms with Crippen LogP contribution in [0.3, 0.4) is 0 Å². The summed E-state index contributed by atoms with van der Waals surface area (Å²) in [6, 6.07) is 66.7. The number of nitrogens with one attached hydrogen (secondary N) is 2. The fraction of sp³-hybridized carbons (Fsp3) is 0.0392. The number of hydrogen-bond donors (Lipinski definition) is 2. The molecule has 6 nitrogen and oxygen atoms in total. The molecule has 4 heterocycles. The van der Waals surface area contributed by atoms with E-state index in [0.29, 0.717) is 0 Å². The summed E-state index contributed by atoms with van der Waals surface area (Å²) >= 11 is 0. The summed E-state index contributed by atoms with van der Waals surface area (Å²) in [6.07, 6.45) is -0.365. The Labute approximate surface area is 327 Å². The molecule has 2 N–H and O–H groups in total. The maximum Gasteiger partial charge on any atom is 0.137 e. The highest BCUT2D eigenvalue weighted by Crippen LogP contribution is 2.44. The fourth-order valence-corrected chi connectivity index (χ4v) is 8.99. The lowest BCUT2D eigenvalue weighted by Crippen LogP contribution is -2.44. The van der Waals surface area contributed by atoms with Gasteiger partial charge < -0.3 is 18.9 Å². The molecular formula is C51H35N5O. The first-order chi connectivity index (χ1) is 28.3. The Balaban J connectivity index is 1.09. The van der Waals surface area contributed by atoms with E-state index < -0.39 is 0 Å². The van der Waals surface area contributed by atoms with Crippen molar-refractivity contribution in [1.82, 2.24) is 19.8 Å². The molecule has 12 rings (SSSR count). The molecule has 0 aliphatic carbocycles. The summed E-state index contributed by atoms with van der Waals surface area (Å²) in [7, 11) is 0. The average Bonchev–Trinajstić information content (AvgIpc) is 3.93. The normalized spacial score (nSPS) is 15.9. The Hall–Kier alpha value is -7.41. The molecule has 11 aromatic rings. The number of benzene rings is 8. The number of aromatic nitrogens is 2. The zero-order valence-corrected chi connectivity index (χ0v) is 30.8. The highest BCUT2D eigenvalue weighted by Gasteiger charge is 2.26. The predicted octanol–water partition coefficient (Wildman–Crippen LogP) is 12.1. The molecule has 2 atom stereocenters. The van der Waals surface area contributed by atoms with Crippen LogP contribution >= 0.6 is 0 Å². The van der Waals surface area contributed by atoms with Crippen LogP contribution in [0, 0.1) is 0 Å². The van der Waals surface area contributed by atoms with Crippen molar-refractivity contribution in [2.24, 2.45) is 4.99 Å². The Kier molecular flexibility index (Phi) is 7.03. The van der Waals surface area contributed by atoms with Crippen molar-refractivity contribution >= 4 is 71.4 Å². The highest BCUT2D eigenvalue weighted by molar-refractivity contribution is 6.26. The molecule has 0 bridgehead atoms. The standard InChI is InChI=1S/C51H35N5O/c1-4-14-32(15-5-1)49-52-50(33-16-6-2-7-17-33)54-51(53-49)34-24-26-36(27-25-34)56-44-30-40-37-20-10-12-22-42(37)55(35-18-8-3-9-19-35)43(40)31-41(44)38-28-29-46-47(48(38)56)39-21-11-13-23-45(39)57-46/h1-31,49,51,53H,(H,52,54). The molecule has 0 amide bonds. The van der Waals surface area contributed by atoms with Crippen molar-refractivity contribution in [3.63, 3.8) is 0 Å². The Bertz CT molecular complexity index is 3340. The van der Waals surface area contributed by atoms with Gasteiger partial charge in [-0.05, 0) is 71.8 Å². The van der Waals surface area contributed by atoms with Crippen molar-refractivity contribution in [2.75, 3.05) is 0 Å². The second kappa shape index (κ2) is 12.6. The third-order valence-corrected chi connectivity index (χ3v) is 11.6. The van der Waals surface area contributed by atoms with Crippen LogP contribution in [0.15, 0.2) is 197 Å². The van der Waals surface area contributed by atoms with Gasteiger partial charge in [-0.15, -0.1) is 0 Å². The molecule has 1 aliphatic heterocycles. The number of fused-ring (bicyclic) bond motifs is 10. The fourth-order valence-electron chi connectivity index (χ4n) is 8.99. The topological polar surface area (TPSA) is 59.4 Å². The van der Waals surface area contributed by atoms with Gasteiger partial charge in [0, 0.05) is 43.9 Å². The monoisotopic (exact) mass is 733 g/mol. The van der Waals surface area contributed by atoms with Gasteiger partial charge in [0.15, 0.2) is 0 Å². The van der Waals surface area contributed by atoms with E-state index in [-0.39, 0.29) is 12.3 Å². The van der Waals surface area contributed by atoms with E-state index in [1.54, 1.807) is 0 Å². The van der Waals surface area contributed by atoms with Crippen LogP contribution in [-0.2, 0) is 0 Å². The minimum Gasteiger partial charge on any atom is -0.456 e. The smallest absolute Gasteiger partial charge is 0.137 e. The molecule has 3 aromatic heterocycles. The van der Waals surface area contributed by atoms with Crippen LogP contribution in [0.25, 0.3) is 76.9 Å². The third-order valence-electron chi connectivity index (χ3n) is 11.6. The minimum absolute atomic E-state index is 0.107. The SMILES string of the molecule is c1ccc(C2=NC(c3ccc(-n4c5cc6c7ccccc7n(-c7ccccc7)c6cc5c5ccc6oc7ccccc7c6c54)cc3)NC(c3ccccc3)N2)cc1. The van der Waals surface area contributed by atoms with Gasteiger partial charge >= 0.3 is 0 Å². The molecule has 0 saturated carbocycles. The zero-order valence-electron chi connectivity index (χ0n) is 30.8. The van der Waals surface area contributed by atoms with Gasteiger partial charge in [-0.2, -0.15) is 0 Å². The van der Waals surface area contributed by atoms with Gasteiger partial charge in [-0.25, -0.2) is 4.99 Å². The predicted molar refractivity (Wildman–Crippen MR) is 234 cm³/mol. The van der Waals surface area contributed by atoms with Crippen molar-refractivity contribution in [3.8, 4) is 11.4 Å². The molecule has 8 aromatic carbocycles. The van der Waals surface area contributed by atoms with Crippen LogP contribution < -0.4 is 10.6 Å². The minimum atomic E-state index is -0.257. The lowest BCUT2D eigenvalue weighted by atomic mass is 10.1. The van der Waals surface area contributed by atoms with Crippen molar-refractivity contribution in [3.05, 3.63) is 205 Å². The van der Waals surface area contributed by atoms with E-state index in [1.807, 2.05) is 12.1 Å². The van der Waals surface area contributed by atoms with E-state index in [2.05, 4.69) is 196 Å². The Morgan fingerprint density at radius 3 is 1.88 bits per heavy atom. The summed E-state index contributed by atoms with van der Waals surface area (Å²) in [4.78, 5) is 5.22. The van der Waals surface area contributed by atoms with E-state index in [1.165, 1.54) is 32.6 Å². The molecule has 1 aliphatic rings. The largest absolute Gasteiger partial charge is 0.456 e.